The largest absolute Gasteiger partial charge is 0.508 e. The number of ether oxygens (including phenoxy) is 1. The molecule has 9 nitrogen and oxygen atoms in total. The van der Waals surface area contributed by atoms with Crippen molar-refractivity contribution in [2.45, 2.75) is 11.8 Å². The number of benzene rings is 3. The van der Waals surface area contributed by atoms with Gasteiger partial charge in [0.2, 0.25) is 0 Å². The number of methoxy groups -OCH3 is 1. The van der Waals surface area contributed by atoms with Crippen molar-refractivity contribution in [1.82, 2.24) is 0 Å². The average Bonchev–Trinajstić information content (AvgIpc) is 2.72. The Morgan fingerprint density at radius 2 is 1.50 bits per heavy atom. The maximum absolute atomic E-state index is 11.3. The minimum Gasteiger partial charge on any atom is -0.508 e. The molecule has 0 bridgehead atoms. The van der Waals surface area contributed by atoms with E-state index in [0.717, 1.165) is 5.56 Å². The van der Waals surface area contributed by atoms with Crippen molar-refractivity contribution in [3.8, 4) is 11.5 Å². The molecule has 0 atom stereocenters. The first kappa shape index (κ1) is 21.1. The van der Waals surface area contributed by atoms with Gasteiger partial charge >= 0.3 is 0 Å². The van der Waals surface area contributed by atoms with Gasteiger partial charge in [-0.1, -0.05) is 6.07 Å². The lowest BCUT2D eigenvalue weighted by Gasteiger charge is -2.07. The second kappa shape index (κ2) is 8.80. The minimum atomic E-state index is -4.32. The summed E-state index contributed by atoms with van der Waals surface area (Å²) >= 11 is 0. The number of hydrogen-bond donors (Lipinski definition) is 2. The van der Waals surface area contributed by atoms with Crippen molar-refractivity contribution in [3.63, 3.8) is 0 Å². The van der Waals surface area contributed by atoms with E-state index in [1.54, 1.807) is 30.3 Å². The first-order chi connectivity index (χ1) is 14.3. The summed E-state index contributed by atoms with van der Waals surface area (Å²) in [5, 5.41) is 25.8. The second-order valence-corrected chi connectivity index (χ2v) is 7.62. The third-order valence-electron chi connectivity index (χ3n) is 4.01. The van der Waals surface area contributed by atoms with Crippen LogP contribution in [0.5, 0.6) is 11.5 Å². The van der Waals surface area contributed by atoms with Gasteiger partial charge in [0.25, 0.3) is 10.1 Å². The molecule has 0 fully saturated rings. The highest BCUT2D eigenvalue weighted by atomic mass is 32.2. The van der Waals surface area contributed by atoms with Gasteiger partial charge in [0.1, 0.15) is 17.2 Å². The standard InChI is InChI=1S/C20H18N4O5S/c1-13-10-19(24-21-14-6-8-16(25)9-7-14)20(29-2)12-18(13)23-22-15-4-3-5-17(11-15)30(26,27)28/h3-12,25H,1-2H3,(H,26,27,28). The zero-order chi connectivity index (χ0) is 21.7. The molecular weight excluding hydrogens is 408 g/mol. The molecule has 0 unspecified atom stereocenters. The van der Waals surface area contributed by atoms with Crippen molar-refractivity contribution < 1.29 is 22.8 Å². The number of phenols is 1. The first-order valence-corrected chi connectivity index (χ1v) is 10.1. The van der Waals surface area contributed by atoms with Gasteiger partial charge in [-0.05, 0) is 61.0 Å². The predicted octanol–water partition coefficient (Wildman–Crippen LogP) is 5.79. The van der Waals surface area contributed by atoms with Crippen LogP contribution in [0.4, 0.5) is 22.7 Å². The normalized spacial score (nSPS) is 12.0. The third kappa shape index (κ3) is 5.25. The van der Waals surface area contributed by atoms with Gasteiger partial charge in [-0.3, -0.25) is 4.55 Å². The van der Waals surface area contributed by atoms with Crippen LogP contribution in [0.25, 0.3) is 0 Å². The maximum atomic E-state index is 11.3. The summed E-state index contributed by atoms with van der Waals surface area (Å²) in [5.74, 6) is 0.558. The Labute approximate surface area is 173 Å². The smallest absolute Gasteiger partial charge is 0.294 e. The molecule has 0 spiro atoms. The summed E-state index contributed by atoms with van der Waals surface area (Å²) in [4.78, 5) is -0.266. The van der Waals surface area contributed by atoms with Crippen LogP contribution in [0, 0.1) is 6.92 Å². The number of nitrogens with zero attached hydrogens (tertiary/aromatic N) is 4. The lowest BCUT2D eigenvalue weighted by molar-refractivity contribution is 0.416. The van der Waals surface area contributed by atoms with E-state index in [9.17, 15) is 13.5 Å². The Bertz CT molecular complexity index is 1220. The van der Waals surface area contributed by atoms with Crippen LogP contribution in [0.1, 0.15) is 5.56 Å². The van der Waals surface area contributed by atoms with E-state index in [1.807, 2.05) is 6.92 Å². The summed E-state index contributed by atoms with van der Waals surface area (Å²) < 4.78 is 37.0. The van der Waals surface area contributed by atoms with Gasteiger partial charge in [-0.15, -0.1) is 5.11 Å². The van der Waals surface area contributed by atoms with E-state index < -0.39 is 10.1 Å². The van der Waals surface area contributed by atoms with Gasteiger partial charge in [0.05, 0.1) is 29.1 Å². The van der Waals surface area contributed by atoms with Gasteiger partial charge < -0.3 is 9.84 Å². The van der Waals surface area contributed by atoms with Crippen molar-refractivity contribution in [2.75, 3.05) is 7.11 Å². The zero-order valence-corrected chi connectivity index (χ0v) is 16.9. The van der Waals surface area contributed by atoms with E-state index in [4.69, 9.17) is 9.29 Å². The molecule has 0 amide bonds. The van der Waals surface area contributed by atoms with Crippen LogP contribution in [0.3, 0.4) is 0 Å². The number of azo groups is 2. The molecule has 3 aromatic carbocycles. The topological polar surface area (TPSA) is 133 Å². The molecule has 10 heteroatoms. The Morgan fingerprint density at radius 1 is 0.833 bits per heavy atom. The Morgan fingerprint density at radius 3 is 2.17 bits per heavy atom. The quantitative estimate of drug-likeness (QED) is 0.380. The fourth-order valence-corrected chi connectivity index (χ4v) is 2.98. The molecule has 0 aliphatic carbocycles. The van der Waals surface area contributed by atoms with E-state index >= 15 is 0 Å². The molecule has 30 heavy (non-hydrogen) atoms. The Hall–Kier alpha value is -3.63. The molecule has 3 rings (SSSR count). The summed E-state index contributed by atoms with van der Waals surface area (Å²) in [6, 6.07) is 15.1. The van der Waals surface area contributed by atoms with Crippen LogP contribution in [-0.4, -0.2) is 25.2 Å². The lowest BCUT2D eigenvalue weighted by Crippen LogP contribution is -1.96. The molecule has 2 N–H and O–H groups in total. The maximum Gasteiger partial charge on any atom is 0.294 e. The molecule has 3 aromatic rings. The van der Waals surface area contributed by atoms with Crippen LogP contribution in [-0.2, 0) is 10.1 Å². The highest BCUT2D eigenvalue weighted by Crippen LogP contribution is 2.36. The molecule has 0 heterocycles. The highest BCUT2D eigenvalue weighted by molar-refractivity contribution is 7.85. The minimum absolute atomic E-state index is 0.138. The monoisotopic (exact) mass is 426 g/mol. The van der Waals surface area contributed by atoms with Gasteiger partial charge in [-0.25, -0.2) is 0 Å². The number of aromatic hydroxyl groups is 1. The molecule has 0 saturated carbocycles. The van der Waals surface area contributed by atoms with Crippen molar-refractivity contribution in [3.05, 3.63) is 66.2 Å². The van der Waals surface area contributed by atoms with E-state index in [1.165, 1.54) is 37.4 Å². The van der Waals surface area contributed by atoms with Crippen LogP contribution >= 0.6 is 0 Å². The fourth-order valence-electron chi connectivity index (χ4n) is 2.46. The van der Waals surface area contributed by atoms with Crippen LogP contribution in [0.15, 0.2) is 86.0 Å². The zero-order valence-electron chi connectivity index (χ0n) is 16.1. The van der Waals surface area contributed by atoms with E-state index in [0.29, 0.717) is 22.8 Å². The Balaban J connectivity index is 1.88. The summed E-state index contributed by atoms with van der Waals surface area (Å²) in [5.41, 5.74) is 2.54. The number of phenolic OH excluding ortho intramolecular Hbond substituents is 1. The lowest BCUT2D eigenvalue weighted by atomic mass is 10.1. The first-order valence-electron chi connectivity index (χ1n) is 8.65. The van der Waals surface area contributed by atoms with Crippen molar-refractivity contribution in [2.24, 2.45) is 20.5 Å². The SMILES string of the molecule is COc1cc(N=Nc2cccc(S(=O)(=O)O)c2)c(C)cc1N=Nc1ccc(O)cc1. The Kier molecular flexibility index (Phi) is 6.19. The van der Waals surface area contributed by atoms with Gasteiger partial charge in [0, 0.05) is 6.07 Å². The molecular formula is C20H18N4O5S. The predicted molar refractivity (Wildman–Crippen MR) is 110 cm³/mol. The number of aryl methyl sites for hydroxylation is 1. The summed E-state index contributed by atoms with van der Waals surface area (Å²) in [7, 11) is -2.84. The fraction of sp³-hybridized carbons (Fsp3) is 0.100. The molecule has 0 radical (unpaired) electrons. The van der Waals surface area contributed by atoms with Gasteiger partial charge in [0.15, 0.2) is 0 Å². The molecule has 0 aromatic heterocycles. The molecule has 154 valence electrons. The van der Waals surface area contributed by atoms with Crippen molar-refractivity contribution >= 4 is 32.9 Å². The molecule has 0 saturated heterocycles. The third-order valence-corrected chi connectivity index (χ3v) is 4.86. The average molecular weight is 426 g/mol. The number of hydrogen-bond acceptors (Lipinski definition) is 8. The van der Waals surface area contributed by atoms with Crippen LogP contribution in [0.2, 0.25) is 0 Å². The van der Waals surface area contributed by atoms with Crippen LogP contribution < -0.4 is 4.74 Å². The van der Waals surface area contributed by atoms with E-state index in [2.05, 4.69) is 20.5 Å². The van der Waals surface area contributed by atoms with Gasteiger partial charge in [-0.2, -0.15) is 23.8 Å². The second-order valence-electron chi connectivity index (χ2n) is 6.20. The van der Waals surface area contributed by atoms with Crippen molar-refractivity contribution in [1.29, 1.82) is 0 Å². The molecule has 0 aliphatic rings. The van der Waals surface area contributed by atoms with E-state index in [-0.39, 0.29) is 16.3 Å². The summed E-state index contributed by atoms with van der Waals surface area (Å²) in [6.45, 7) is 1.81. The molecule has 0 aliphatic heterocycles. The number of rotatable bonds is 6. The summed E-state index contributed by atoms with van der Waals surface area (Å²) in [6.07, 6.45) is 0. The highest BCUT2D eigenvalue weighted by Gasteiger charge is 2.10.